The molecule has 34 heavy (non-hydrogen) atoms. The Morgan fingerprint density at radius 1 is 0.618 bits per heavy atom. The zero-order valence-corrected chi connectivity index (χ0v) is 23.1. The summed E-state index contributed by atoms with van der Waals surface area (Å²) >= 11 is 2.48. The van der Waals surface area contributed by atoms with Crippen LogP contribution in [0.1, 0.15) is 122 Å². The Kier molecular flexibility index (Phi) is 8.24. The van der Waals surface area contributed by atoms with Crippen molar-refractivity contribution in [3.05, 3.63) is 0 Å². The summed E-state index contributed by atoms with van der Waals surface area (Å²) in [5.74, 6) is 10.3. The fraction of sp³-hybridized carbons (Fsp3) is 1.00. The van der Waals surface area contributed by atoms with Crippen molar-refractivity contribution < 1.29 is 4.74 Å². The number of hydrogen-bond acceptors (Lipinski definition) is 2. The molecule has 0 spiro atoms. The van der Waals surface area contributed by atoms with Crippen molar-refractivity contribution in [3.8, 4) is 0 Å². The molecule has 0 N–H and O–H groups in total. The molecule has 6 fully saturated rings. The zero-order valence-electron chi connectivity index (χ0n) is 22.3. The Morgan fingerprint density at radius 3 is 2.00 bits per heavy atom. The highest BCUT2D eigenvalue weighted by atomic mass is 32.2. The molecule has 6 rings (SSSR count). The predicted molar refractivity (Wildman–Crippen MR) is 146 cm³/mol. The van der Waals surface area contributed by atoms with Gasteiger partial charge in [-0.25, -0.2) is 0 Å². The molecule has 1 aliphatic heterocycles. The first kappa shape index (κ1) is 24.6. The molecule has 5 aliphatic carbocycles. The van der Waals surface area contributed by atoms with Crippen LogP contribution >= 0.6 is 11.8 Å². The highest BCUT2D eigenvalue weighted by Crippen LogP contribution is 2.58. The summed E-state index contributed by atoms with van der Waals surface area (Å²) in [5, 5.41) is 0.952. The molecule has 1 heterocycles. The molecule has 5 saturated carbocycles. The molecule has 0 aromatic heterocycles. The van der Waals surface area contributed by atoms with Crippen molar-refractivity contribution in [2.24, 2.45) is 53.3 Å². The van der Waals surface area contributed by atoms with Gasteiger partial charge in [0.15, 0.2) is 0 Å². The molecule has 0 radical (unpaired) electrons. The molecule has 0 amide bonds. The highest BCUT2D eigenvalue weighted by Gasteiger charge is 2.52. The van der Waals surface area contributed by atoms with Crippen molar-refractivity contribution in [1.29, 1.82) is 0 Å². The van der Waals surface area contributed by atoms with Gasteiger partial charge in [0.2, 0.25) is 0 Å². The van der Waals surface area contributed by atoms with Gasteiger partial charge in [0.1, 0.15) is 0 Å². The zero-order chi connectivity index (χ0) is 22.9. The second kappa shape index (κ2) is 11.4. The van der Waals surface area contributed by atoms with Gasteiger partial charge in [-0.2, -0.15) is 11.8 Å². The van der Waals surface area contributed by atoms with Crippen LogP contribution in [0.15, 0.2) is 0 Å². The Hall–Kier alpha value is 0.310. The van der Waals surface area contributed by atoms with Crippen molar-refractivity contribution in [1.82, 2.24) is 0 Å². The van der Waals surface area contributed by atoms with Crippen molar-refractivity contribution in [2.75, 3.05) is 12.4 Å². The summed E-state index contributed by atoms with van der Waals surface area (Å²) in [6.07, 6.45) is 27.7. The second-order valence-electron chi connectivity index (χ2n) is 13.8. The van der Waals surface area contributed by atoms with Crippen LogP contribution in [-0.2, 0) is 4.74 Å². The predicted octanol–water partition coefficient (Wildman–Crippen LogP) is 9.14. The van der Waals surface area contributed by atoms with Gasteiger partial charge in [0.25, 0.3) is 0 Å². The van der Waals surface area contributed by atoms with E-state index in [2.05, 4.69) is 18.7 Å². The largest absolute Gasteiger partial charge is 0.378 e. The van der Waals surface area contributed by atoms with E-state index in [1.807, 2.05) is 0 Å². The minimum Gasteiger partial charge on any atom is -0.378 e. The number of thioether (sulfide) groups is 1. The molecule has 6 aliphatic rings. The van der Waals surface area contributed by atoms with Crippen LogP contribution in [0.5, 0.6) is 0 Å². The minimum atomic E-state index is 0.602. The molecule has 9 atom stereocenters. The topological polar surface area (TPSA) is 9.23 Å². The quantitative estimate of drug-likeness (QED) is 0.393. The van der Waals surface area contributed by atoms with E-state index in [0.29, 0.717) is 6.10 Å². The van der Waals surface area contributed by atoms with E-state index in [0.717, 1.165) is 65.1 Å². The molecule has 2 heteroatoms. The smallest absolute Gasteiger partial charge is 0.0609 e. The fourth-order valence-electron chi connectivity index (χ4n) is 10.5. The molecule has 1 nitrogen and oxygen atoms in total. The second-order valence-corrected chi connectivity index (χ2v) is 15.1. The van der Waals surface area contributed by atoms with Crippen molar-refractivity contribution in [2.45, 2.75) is 134 Å². The fourth-order valence-corrected chi connectivity index (χ4v) is 12.3. The third-order valence-corrected chi connectivity index (χ3v) is 13.8. The average Bonchev–Trinajstić information content (AvgIpc) is 2.97. The normalized spacial score (nSPS) is 49.9. The van der Waals surface area contributed by atoms with Gasteiger partial charge in [0.05, 0.1) is 12.7 Å². The monoisotopic (exact) mass is 486 g/mol. The molecular formula is C32H54OS. The van der Waals surface area contributed by atoms with Crippen LogP contribution in [0.4, 0.5) is 0 Å². The van der Waals surface area contributed by atoms with Gasteiger partial charge >= 0.3 is 0 Å². The van der Waals surface area contributed by atoms with E-state index in [9.17, 15) is 0 Å². The van der Waals surface area contributed by atoms with E-state index in [-0.39, 0.29) is 0 Å². The lowest BCUT2D eigenvalue weighted by molar-refractivity contribution is -0.114. The van der Waals surface area contributed by atoms with Gasteiger partial charge in [-0.15, -0.1) is 0 Å². The summed E-state index contributed by atoms with van der Waals surface area (Å²) in [7, 11) is 0. The first-order valence-corrected chi connectivity index (χ1v) is 17.1. The Labute approximate surface area is 215 Å². The average molecular weight is 487 g/mol. The molecule has 1 saturated heterocycles. The van der Waals surface area contributed by atoms with E-state index < -0.39 is 0 Å². The lowest BCUT2D eigenvalue weighted by atomic mass is 9.53. The maximum absolute atomic E-state index is 7.17. The number of hydrogen-bond donors (Lipinski definition) is 0. The van der Waals surface area contributed by atoms with Crippen LogP contribution in [0.25, 0.3) is 0 Å². The van der Waals surface area contributed by atoms with E-state index in [1.165, 1.54) is 102 Å². The van der Waals surface area contributed by atoms with Gasteiger partial charge < -0.3 is 4.74 Å². The summed E-state index contributed by atoms with van der Waals surface area (Å²) in [5.41, 5.74) is 0. The first-order valence-electron chi connectivity index (χ1n) is 16.0. The Bertz CT molecular complexity index is 599. The number of fused-ring (bicyclic) bond motifs is 7. The standard InChI is InChI=1S/C32H54OS/c1-2-7-22-12-14-23(15-13-22)26-20-33-29-18-16-24-8-3-5-10-27(24)31(29)32-28-11-6-4-9-25(28)17-19-30(32)34-21-26/h22-32H,2-21H2,1H3. The van der Waals surface area contributed by atoms with Gasteiger partial charge in [0, 0.05) is 5.25 Å². The van der Waals surface area contributed by atoms with Crippen LogP contribution in [-0.4, -0.2) is 23.7 Å². The lowest BCUT2D eigenvalue weighted by Crippen LogP contribution is -2.52. The maximum Gasteiger partial charge on any atom is 0.0609 e. The first-order chi connectivity index (χ1) is 16.8. The molecule has 0 aromatic rings. The minimum absolute atomic E-state index is 0.602. The molecule has 9 unspecified atom stereocenters. The Balaban J connectivity index is 1.23. The summed E-state index contributed by atoms with van der Waals surface area (Å²) < 4.78 is 7.17. The van der Waals surface area contributed by atoms with Gasteiger partial charge in [-0.1, -0.05) is 71.1 Å². The molecule has 0 aromatic carbocycles. The number of ether oxygens (including phenoxy) is 1. The van der Waals surface area contributed by atoms with E-state index >= 15 is 0 Å². The highest BCUT2D eigenvalue weighted by molar-refractivity contribution is 7.99. The van der Waals surface area contributed by atoms with E-state index in [4.69, 9.17) is 4.74 Å². The van der Waals surface area contributed by atoms with Gasteiger partial charge in [-0.3, -0.25) is 0 Å². The SMILES string of the molecule is CCCC1CCC(C2COC3CCC4CCCCC4C3C3C(CCC4CCCCC43)SC2)CC1. The van der Waals surface area contributed by atoms with Crippen LogP contribution in [0.2, 0.25) is 0 Å². The third kappa shape index (κ3) is 5.04. The van der Waals surface area contributed by atoms with Crippen LogP contribution < -0.4 is 0 Å². The molecule has 0 bridgehead atoms. The summed E-state index contributed by atoms with van der Waals surface area (Å²) in [6.45, 7) is 3.48. The van der Waals surface area contributed by atoms with Crippen molar-refractivity contribution in [3.63, 3.8) is 0 Å². The summed E-state index contributed by atoms with van der Waals surface area (Å²) in [4.78, 5) is 0. The number of rotatable bonds is 3. The molecular weight excluding hydrogens is 432 g/mol. The maximum atomic E-state index is 7.17. The molecule has 194 valence electrons. The van der Waals surface area contributed by atoms with Crippen LogP contribution in [0, 0.1) is 53.3 Å². The van der Waals surface area contributed by atoms with Gasteiger partial charge in [-0.05, 0) is 110 Å². The Morgan fingerprint density at radius 2 is 1.26 bits per heavy atom. The van der Waals surface area contributed by atoms with Crippen LogP contribution in [0.3, 0.4) is 0 Å². The van der Waals surface area contributed by atoms with E-state index in [1.54, 1.807) is 19.3 Å². The summed E-state index contributed by atoms with van der Waals surface area (Å²) in [6, 6.07) is 0. The lowest BCUT2D eigenvalue weighted by Gasteiger charge is -2.55. The van der Waals surface area contributed by atoms with Crippen molar-refractivity contribution >= 4 is 11.8 Å². The third-order valence-electron chi connectivity index (χ3n) is 12.2.